The van der Waals surface area contributed by atoms with Crippen LogP contribution in [0.4, 0.5) is 11.4 Å². The molecular formula is C18H24N4O2. The Hall–Kier alpha value is -2.50. The van der Waals surface area contributed by atoms with E-state index in [1.54, 1.807) is 13.3 Å². The van der Waals surface area contributed by atoms with Crippen molar-refractivity contribution in [2.75, 3.05) is 23.9 Å². The number of carbonyl (C=O) groups excluding carboxylic acids is 1. The number of piperidine rings is 1. The number of nitrogens with zero attached hydrogens (tertiary/aromatic N) is 3. The van der Waals surface area contributed by atoms with Gasteiger partial charge in [0.1, 0.15) is 5.75 Å². The Morgan fingerprint density at radius 1 is 1.38 bits per heavy atom. The maximum atomic E-state index is 12.2. The van der Waals surface area contributed by atoms with Crippen molar-refractivity contribution in [2.45, 2.75) is 38.8 Å². The molecule has 0 radical (unpaired) electrons. The third-order valence-corrected chi connectivity index (χ3v) is 4.23. The first-order valence-corrected chi connectivity index (χ1v) is 8.40. The molecule has 0 aliphatic carbocycles. The van der Waals surface area contributed by atoms with Gasteiger partial charge in [0.25, 0.3) is 0 Å². The second-order valence-electron chi connectivity index (χ2n) is 6.16. The SMILES string of the molecule is COc1ccc(N[C@@H](C)Cn2cccn2)cc1N1CCCCC1=O. The first-order chi connectivity index (χ1) is 11.7. The Balaban J connectivity index is 1.76. The summed E-state index contributed by atoms with van der Waals surface area (Å²) in [5, 5.41) is 7.70. The molecule has 1 aliphatic heterocycles. The van der Waals surface area contributed by atoms with E-state index in [1.165, 1.54) is 0 Å². The first-order valence-electron chi connectivity index (χ1n) is 8.40. The van der Waals surface area contributed by atoms with E-state index in [0.717, 1.165) is 43.1 Å². The summed E-state index contributed by atoms with van der Waals surface area (Å²) in [6.45, 7) is 3.64. The summed E-state index contributed by atoms with van der Waals surface area (Å²) in [5.41, 5.74) is 1.82. The van der Waals surface area contributed by atoms with Crippen molar-refractivity contribution in [3.63, 3.8) is 0 Å². The van der Waals surface area contributed by atoms with Gasteiger partial charge in [-0.15, -0.1) is 0 Å². The minimum absolute atomic E-state index is 0.168. The van der Waals surface area contributed by atoms with Crippen LogP contribution in [0.1, 0.15) is 26.2 Å². The zero-order valence-electron chi connectivity index (χ0n) is 14.2. The number of amides is 1. The number of benzene rings is 1. The van der Waals surface area contributed by atoms with Gasteiger partial charge in [0.2, 0.25) is 5.91 Å². The number of hydrogen-bond acceptors (Lipinski definition) is 4. The van der Waals surface area contributed by atoms with Crippen LogP contribution in [-0.2, 0) is 11.3 Å². The molecule has 1 N–H and O–H groups in total. The highest BCUT2D eigenvalue weighted by molar-refractivity contribution is 5.96. The van der Waals surface area contributed by atoms with Gasteiger partial charge in [-0.2, -0.15) is 5.10 Å². The van der Waals surface area contributed by atoms with Gasteiger partial charge < -0.3 is 15.0 Å². The Kier molecular flexibility index (Phi) is 5.03. The van der Waals surface area contributed by atoms with Gasteiger partial charge in [-0.25, -0.2) is 0 Å². The van der Waals surface area contributed by atoms with Gasteiger partial charge in [0.05, 0.1) is 19.3 Å². The molecule has 0 bridgehead atoms. The summed E-state index contributed by atoms with van der Waals surface area (Å²) >= 11 is 0. The van der Waals surface area contributed by atoms with Gasteiger partial charge in [0.15, 0.2) is 0 Å². The molecule has 0 unspecified atom stereocenters. The number of carbonyl (C=O) groups is 1. The molecule has 0 spiro atoms. The van der Waals surface area contributed by atoms with Crippen LogP contribution in [0.2, 0.25) is 0 Å². The number of ether oxygens (including phenoxy) is 1. The van der Waals surface area contributed by atoms with Crippen LogP contribution in [0.25, 0.3) is 0 Å². The maximum Gasteiger partial charge on any atom is 0.227 e. The van der Waals surface area contributed by atoms with Crippen molar-refractivity contribution < 1.29 is 9.53 Å². The molecular weight excluding hydrogens is 304 g/mol. The van der Waals surface area contributed by atoms with Crippen LogP contribution < -0.4 is 15.0 Å². The molecule has 2 heterocycles. The van der Waals surface area contributed by atoms with Gasteiger partial charge in [0, 0.05) is 37.1 Å². The van der Waals surface area contributed by atoms with E-state index in [-0.39, 0.29) is 11.9 Å². The minimum atomic E-state index is 0.168. The molecule has 1 amide bonds. The van der Waals surface area contributed by atoms with E-state index in [4.69, 9.17) is 4.74 Å². The summed E-state index contributed by atoms with van der Waals surface area (Å²) in [7, 11) is 1.64. The number of hydrogen-bond donors (Lipinski definition) is 1. The van der Waals surface area contributed by atoms with Crippen LogP contribution in [0.3, 0.4) is 0 Å². The van der Waals surface area contributed by atoms with Gasteiger partial charge in [-0.1, -0.05) is 0 Å². The van der Waals surface area contributed by atoms with Crippen molar-refractivity contribution in [3.05, 3.63) is 36.7 Å². The van der Waals surface area contributed by atoms with Crippen molar-refractivity contribution >= 4 is 17.3 Å². The lowest BCUT2D eigenvalue weighted by atomic mass is 10.1. The molecule has 1 aromatic heterocycles. The summed E-state index contributed by atoms with van der Waals surface area (Å²) in [6.07, 6.45) is 6.33. The molecule has 1 aromatic carbocycles. The standard InChI is InChI=1S/C18H24N4O2/c1-14(13-21-10-5-9-19-21)20-15-7-8-17(24-2)16(12-15)22-11-4-3-6-18(22)23/h5,7-10,12,14,20H,3-4,6,11,13H2,1-2H3/t14-/m0/s1. The van der Waals surface area contributed by atoms with Crippen LogP contribution >= 0.6 is 0 Å². The van der Waals surface area contributed by atoms with E-state index in [0.29, 0.717) is 6.42 Å². The quantitative estimate of drug-likeness (QED) is 0.886. The summed E-state index contributed by atoms with van der Waals surface area (Å²) < 4.78 is 7.36. The van der Waals surface area contributed by atoms with E-state index >= 15 is 0 Å². The van der Waals surface area contributed by atoms with E-state index < -0.39 is 0 Å². The molecule has 6 nitrogen and oxygen atoms in total. The Labute approximate surface area is 142 Å². The number of methoxy groups -OCH3 is 1. The first kappa shape index (κ1) is 16.4. The number of nitrogens with one attached hydrogen (secondary N) is 1. The van der Waals surface area contributed by atoms with E-state index in [9.17, 15) is 4.79 Å². The Bertz CT molecular complexity index is 684. The molecule has 3 rings (SSSR count). The van der Waals surface area contributed by atoms with Crippen molar-refractivity contribution in [1.82, 2.24) is 9.78 Å². The third-order valence-electron chi connectivity index (χ3n) is 4.23. The van der Waals surface area contributed by atoms with Crippen LogP contribution in [0, 0.1) is 0 Å². The highest BCUT2D eigenvalue weighted by Gasteiger charge is 2.23. The topological polar surface area (TPSA) is 59.4 Å². The van der Waals surface area contributed by atoms with Crippen molar-refractivity contribution in [3.8, 4) is 5.75 Å². The molecule has 128 valence electrons. The smallest absolute Gasteiger partial charge is 0.227 e. The number of anilines is 2. The summed E-state index contributed by atoms with van der Waals surface area (Å²) in [5.74, 6) is 0.900. The predicted molar refractivity (Wildman–Crippen MR) is 94.5 cm³/mol. The summed E-state index contributed by atoms with van der Waals surface area (Å²) in [6, 6.07) is 8.03. The predicted octanol–water partition coefficient (Wildman–Crippen LogP) is 2.91. The zero-order valence-corrected chi connectivity index (χ0v) is 14.2. The van der Waals surface area contributed by atoms with Crippen LogP contribution in [-0.4, -0.2) is 35.4 Å². The van der Waals surface area contributed by atoms with E-state index in [2.05, 4.69) is 17.3 Å². The van der Waals surface area contributed by atoms with Gasteiger partial charge in [-0.05, 0) is 44.0 Å². The number of aromatic nitrogens is 2. The zero-order chi connectivity index (χ0) is 16.9. The maximum absolute atomic E-state index is 12.2. The second kappa shape index (κ2) is 7.38. The van der Waals surface area contributed by atoms with E-state index in [1.807, 2.05) is 40.0 Å². The fourth-order valence-corrected chi connectivity index (χ4v) is 3.07. The molecule has 1 atom stereocenters. The third kappa shape index (κ3) is 3.69. The van der Waals surface area contributed by atoms with Crippen LogP contribution in [0.5, 0.6) is 5.75 Å². The largest absolute Gasteiger partial charge is 0.495 e. The molecule has 24 heavy (non-hydrogen) atoms. The average molecular weight is 328 g/mol. The monoisotopic (exact) mass is 328 g/mol. The minimum Gasteiger partial charge on any atom is -0.495 e. The van der Waals surface area contributed by atoms with Crippen LogP contribution in [0.15, 0.2) is 36.7 Å². The fourth-order valence-electron chi connectivity index (χ4n) is 3.07. The Morgan fingerprint density at radius 3 is 2.96 bits per heavy atom. The van der Waals surface area contributed by atoms with Gasteiger partial charge in [-0.3, -0.25) is 9.48 Å². The molecule has 2 aromatic rings. The highest BCUT2D eigenvalue weighted by Crippen LogP contribution is 2.33. The fraction of sp³-hybridized carbons (Fsp3) is 0.444. The average Bonchev–Trinajstić information content (AvgIpc) is 3.08. The lowest BCUT2D eigenvalue weighted by Crippen LogP contribution is -2.35. The highest BCUT2D eigenvalue weighted by atomic mass is 16.5. The normalized spacial score (nSPS) is 16.1. The lowest BCUT2D eigenvalue weighted by molar-refractivity contribution is -0.119. The molecule has 0 saturated carbocycles. The molecule has 1 aliphatic rings. The Morgan fingerprint density at radius 2 is 2.25 bits per heavy atom. The van der Waals surface area contributed by atoms with Crippen molar-refractivity contribution in [2.24, 2.45) is 0 Å². The van der Waals surface area contributed by atoms with Gasteiger partial charge >= 0.3 is 0 Å². The second-order valence-corrected chi connectivity index (χ2v) is 6.16. The number of rotatable bonds is 6. The summed E-state index contributed by atoms with van der Waals surface area (Å²) in [4.78, 5) is 14.1. The molecule has 6 heteroatoms. The lowest BCUT2D eigenvalue weighted by Gasteiger charge is -2.29. The molecule has 1 fully saturated rings. The molecule has 1 saturated heterocycles. The van der Waals surface area contributed by atoms with Crippen molar-refractivity contribution in [1.29, 1.82) is 0 Å².